The first-order valence-electron chi connectivity index (χ1n) is 8.11. The Hall–Kier alpha value is -3.13. The molecule has 0 aliphatic heterocycles. The molecule has 8 heteroatoms. The second kappa shape index (κ2) is 9.00. The second-order valence-electron chi connectivity index (χ2n) is 5.43. The second-order valence-corrected chi connectivity index (χ2v) is 6.35. The van der Waals surface area contributed by atoms with E-state index in [0.717, 1.165) is 4.47 Å². The third-order valence-corrected chi connectivity index (χ3v) is 4.00. The summed E-state index contributed by atoms with van der Waals surface area (Å²) in [7, 11) is 0. The van der Waals surface area contributed by atoms with E-state index >= 15 is 0 Å². The van der Waals surface area contributed by atoms with Crippen molar-refractivity contribution < 1.29 is 18.7 Å². The van der Waals surface area contributed by atoms with Gasteiger partial charge in [-0.2, -0.15) is 0 Å². The first kappa shape index (κ1) is 18.7. The summed E-state index contributed by atoms with van der Waals surface area (Å²) in [5.41, 5.74) is 0.399. The molecule has 138 valence electrons. The number of halogens is 1. The molecule has 0 radical (unpaired) electrons. The summed E-state index contributed by atoms with van der Waals surface area (Å²) < 4.78 is 11.5. The maximum Gasteiger partial charge on any atom is 0.287 e. The number of hydrogen-bond donors (Lipinski definition) is 2. The van der Waals surface area contributed by atoms with E-state index in [9.17, 15) is 9.59 Å². The molecule has 1 aromatic carbocycles. The fraction of sp³-hybridized carbons (Fsp3) is 0.105. The fourth-order valence-electron chi connectivity index (χ4n) is 2.15. The summed E-state index contributed by atoms with van der Waals surface area (Å²) in [6.07, 6.45) is 2.86. The van der Waals surface area contributed by atoms with Crippen LogP contribution in [0, 0.1) is 0 Å². The molecule has 0 saturated heterocycles. The summed E-state index contributed by atoms with van der Waals surface area (Å²) >= 11 is 3.36. The number of amides is 2. The van der Waals surface area contributed by atoms with Crippen molar-refractivity contribution in [2.45, 2.75) is 0 Å². The van der Waals surface area contributed by atoms with Crippen molar-refractivity contribution in [2.75, 3.05) is 13.1 Å². The van der Waals surface area contributed by atoms with E-state index in [1.807, 2.05) is 24.3 Å². The highest BCUT2D eigenvalue weighted by molar-refractivity contribution is 9.10. The van der Waals surface area contributed by atoms with Crippen LogP contribution in [-0.2, 0) is 0 Å². The maximum absolute atomic E-state index is 12.1. The molecule has 0 saturated carbocycles. The van der Waals surface area contributed by atoms with Gasteiger partial charge in [-0.15, -0.1) is 0 Å². The van der Waals surface area contributed by atoms with E-state index < -0.39 is 0 Å². The van der Waals surface area contributed by atoms with Crippen LogP contribution >= 0.6 is 15.9 Å². The predicted molar refractivity (Wildman–Crippen MR) is 102 cm³/mol. The van der Waals surface area contributed by atoms with Gasteiger partial charge >= 0.3 is 0 Å². The van der Waals surface area contributed by atoms with Crippen molar-refractivity contribution in [1.29, 1.82) is 0 Å². The highest BCUT2D eigenvalue weighted by atomic mass is 79.9. The number of ether oxygens (including phenoxy) is 1. The van der Waals surface area contributed by atoms with Crippen molar-refractivity contribution in [2.24, 2.45) is 0 Å². The Bertz CT molecular complexity index is 894. The van der Waals surface area contributed by atoms with Crippen LogP contribution in [0.2, 0.25) is 0 Å². The topological polar surface area (TPSA) is 93.5 Å². The Balaban J connectivity index is 1.44. The number of hydrogen-bond acceptors (Lipinski definition) is 5. The van der Waals surface area contributed by atoms with Crippen LogP contribution < -0.4 is 15.4 Å². The molecule has 3 rings (SSSR count). The van der Waals surface area contributed by atoms with E-state index in [4.69, 9.17) is 9.15 Å². The van der Waals surface area contributed by atoms with Crippen LogP contribution in [0.1, 0.15) is 20.9 Å². The number of carbonyl (C=O) groups is 2. The minimum atomic E-state index is -0.328. The number of carbonyl (C=O) groups excluding carboxylic acids is 2. The first-order valence-corrected chi connectivity index (χ1v) is 8.90. The van der Waals surface area contributed by atoms with Gasteiger partial charge in [-0.3, -0.25) is 9.59 Å². The summed E-state index contributed by atoms with van der Waals surface area (Å²) in [5.74, 6) is 0.650. The number of nitrogens with zero attached hydrogens (tertiary/aromatic N) is 1. The summed E-state index contributed by atoms with van der Waals surface area (Å²) in [4.78, 5) is 27.9. The van der Waals surface area contributed by atoms with Crippen LogP contribution in [0.3, 0.4) is 0 Å². The average Bonchev–Trinajstić information content (AvgIpc) is 3.22. The van der Waals surface area contributed by atoms with Gasteiger partial charge in [-0.1, -0.05) is 15.9 Å². The molecule has 3 aromatic rings. The van der Waals surface area contributed by atoms with Crippen molar-refractivity contribution in [3.05, 3.63) is 76.8 Å². The molecular weight excluding hydrogens is 414 g/mol. The molecule has 7 nitrogen and oxygen atoms in total. The molecular formula is C19H16BrN3O4. The summed E-state index contributed by atoms with van der Waals surface area (Å²) in [6, 6.07) is 13.8. The number of furan rings is 1. The van der Waals surface area contributed by atoms with Gasteiger partial charge in [0.2, 0.25) is 5.88 Å². The molecule has 27 heavy (non-hydrogen) atoms. The molecule has 2 heterocycles. The molecule has 2 N–H and O–H groups in total. The minimum absolute atomic E-state index is 0.229. The largest absolute Gasteiger partial charge is 0.459 e. The molecule has 0 spiro atoms. The first-order chi connectivity index (χ1) is 13.1. The molecule has 0 aliphatic carbocycles. The Morgan fingerprint density at radius 1 is 1.00 bits per heavy atom. The lowest BCUT2D eigenvalue weighted by Crippen LogP contribution is -2.34. The monoisotopic (exact) mass is 429 g/mol. The molecule has 2 aromatic heterocycles. The van der Waals surface area contributed by atoms with Crippen LogP contribution in [0.5, 0.6) is 11.6 Å². The van der Waals surface area contributed by atoms with Gasteiger partial charge in [0.05, 0.1) is 11.8 Å². The van der Waals surface area contributed by atoms with E-state index in [1.165, 1.54) is 12.5 Å². The standard InChI is InChI=1S/C19H16BrN3O4/c20-14-4-6-15(7-5-14)27-17-8-3-13(12-23-17)18(24)21-9-10-22-19(25)16-2-1-11-26-16/h1-8,11-12H,9-10H2,(H,21,24)(H,22,25). The SMILES string of the molecule is O=C(NCCNC(=O)c1ccco1)c1ccc(Oc2ccc(Br)cc2)nc1. The fourth-order valence-corrected chi connectivity index (χ4v) is 2.41. The summed E-state index contributed by atoms with van der Waals surface area (Å²) in [5, 5.41) is 5.35. The third-order valence-electron chi connectivity index (χ3n) is 3.48. The molecule has 0 bridgehead atoms. The molecule has 0 fully saturated rings. The maximum atomic E-state index is 12.1. The van der Waals surface area contributed by atoms with Crippen molar-refractivity contribution >= 4 is 27.7 Å². The van der Waals surface area contributed by atoms with Gasteiger partial charge in [-0.05, 0) is 42.5 Å². The van der Waals surface area contributed by atoms with Crippen LogP contribution in [0.4, 0.5) is 0 Å². The van der Waals surface area contributed by atoms with Crippen LogP contribution in [-0.4, -0.2) is 29.9 Å². The Labute approximate surface area is 163 Å². The highest BCUT2D eigenvalue weighted by Crippen LogP contribution is 2.21. The molecule has 0 unspecified atom stereocenters. The Kier molecular flexibility index (Phi) is 6.22. The van der Waals surface area contributed by atoms with Gasteiger partial charge in [0.25, 0.3) is 11.8 Å². The van der Waals surface area contributed by atoms with E-state index in [2.05, 4.69) is 31.5 Å². The lowest BCUT2D eigenvalue weighted by Gasteiger charge is -2.07. The zero-order chi connectivity index (χ0) is 19.1. The smallest absolute Gasteiger partial charge is 0.287 e. The quantitative estimate of drug-likeness (QED) is 0.561. The van der Waals surface area contributed by atoms with Gasteiger partial charge in [0.1, 0.15) is 5.75 Å². The third kappa shape index (κ3) is 5.42. The number of rotatable bonds is 7. The Morgan fingerprint density at radius 2 is 1.74 bits per heavy atom. The van der Waals surface area contributed by atoms with Crippen LogP contribution in [0.25, 0.3) is 0 Å². The zero-order valence-electron chi connectivity index (χ0n) is 14.1. The van der Waals surface area contributed by atoms with Crippen molar-refractivity contribution in [3.63, 3.8) is 0 Å². The summed E-state index contributed by atoms with van der Waals surface area (Å²) in [6.45, 7) is 0.561. The Morgan fingerprint density at radius 3 is 2.37 bits per heavy atom. The van der Waals surface area contributed by atoms with Gasteiger partial charge in [0, 0.05) is 29.8 Å². The van der Waals surface area contributed by atoms with Gasteiger partial charge < -0.3 is 19.8 Å². The normalized spacial score (nSPS) is 10.3. The van der Waals surface area contributed by atoms with Crippen molar-refractivity contribution in [1.82, 2.24) is 15.6 Å². The van der Waals surface area contributed by atoms with Crippen molar-refractivity contribution in [3.8, 4) is 11.6 Å². The minimum Gasteiger partial charge on any atom is -0.459 e. The predicted octanol–water partition coefficient (Wildman–Crippen LogP) is 3.39. The number of pyridine rings is 1. The lowest BCUT2D eigenvalue weighted by molar-refractivity contribution is 0.0910. The van der Waals surface area contributed by atoms with E-state index in [-0.39, 0.29) is 30.7 Å². The zero-order valence-corrected chi connectivity index (χ0v) is 15.7. The van der Waals surface area contributed by atoms with Crippen LogP contribution in [0.15, 0.2) is 69.9 Å². The average molecular weight is 430 g/mol. The van der Waals surface area contributed by atoms with E-state index in [0.29, 0.717) is 17.2 Å². The lowest BCUT2D eigenvalue weighted by atomic mass is 10.2. The van der Waals surface area contributed by atoms with E-state index in [1.54, 1.807) is 24.3 Å². The number of nitrogens with one attached hydrogen (secondary N) is 2. The van der Waals surface area contributed by atoms with Gasteiger partial charge in [-0.25, -0.2) is 4.98 Å². The highest BCUT2D eigenvalue weighted by Gasteiger charge is 2.09. The molecule has 0 aliphatic rings. The number of benzene rings is 1. The molecule has 0 atom stereocenters. The molecule has 2 amide bonds. The number of aromatic nitrogens is 1. The van der Waals surface area contributed by atoms with Gasteiger partial charge in [0.15, 0.2) is 5.76 Å².